The van der Waals surface area contributed by atoms with Gasteiger partial charge in [-0.2, -0.15) is 5.10 Å². The molecule has 2 nitrogen and oxygen atoms in total. The fraction of sp³-hybridized carbons (Fsp3) is 0.0625. The Balaban J connectivity index is 1.99. The summed E-state index contributed by atoms with van der Waals surface area (Å²) in [5, 5.41) is 4.38. The molecule has 3 aromatic rings. The van der Waals surface area contributed by atoms with Crippen LogP contribution < -0.4 is 0 Å². The molecular weight excluding hydrogens is 319 g/mol. The van der Waals surface area contributed by atoms with E-state index < -0.39 is 0 Å². The molecule has 0 N–H and O–H groups in total. The first kappa shape index (κ1) is 13.1. The van der Waals surface area contributed by atoms with Crippen molar-refractivity contribution in [1.82, 2.24) is 9.78 Å². The van der Waals surface area contributed by atoms with Crippen LogP contribution in [0.15, 0.2) is 59.3 Å². The van der Waals surface area contributed by atoms with Crippen molar-refractivity contribution in [1.29, 1.82) is 0 Å². The molecule has 0 saturated carbocycles. The van der Waals surface area contributed by atoms with Crippen LogP contribution in [-0.4, -0.2) is 9.78 Å². The molecule has 0 aliphatic carbocycles. The van der Waals surface area contributed by atoms with Crippen LogP contribution >= 0.6 is 15.9 Å². The molecule has 1 aromatic heterocycles. The van der Waals surface area contributed by atoms with Crippen molar-refractivity contribution < 1.29 is 4.39 Å². The first-order valence-corrected chi connectivity index (χ1v) is 7.00. The van der Waals surface area contributed by atoms with Crippen LogP contribution in [0.25, 0.3) is 16.8 Å². The summed E-state index contributed by atoms with van der Waals surface area (Å²) >= 11 is 3.45. The Morgan fingerprint density at radius 3 is 2.50 bits per heavy atom. The summed E-state index contributed by atoms with van der Waals surface area (Å²) < 4.78 is 15.8. The maximum Gasteiger partial charge on any atom is 0.123 e. The Morgan fingerprint density at radius 1 is 1.05 bits per heavy atom. The van der Waals surface area contributed by atoms with E-state index >= 15 is 0 Å². The van der Waals surface area contributed by atoms with Gasteiger partial charge in [0.05, 0.1) is 11.9 Å². The predicted octanol–water partition coefficient (Wildman–Crippen LogP) is 4.75. The van der Waals surface area contributed by atoms with Crippen LogP contribution in [0.4, 0.5) is 4.39 Å². The highest BCUT2D eigenvalue weighted by molar-refractivity contribution is 9.10. The van der Waals surface area contributed by atoms with Gasteiger partial charge < -0.3 is 0 Å². The number of hydrogen-bond donors (Lipinski definition) is 0. The molecule has 100 valence electrons. The third-order valence-electron chi connectivity index (χ3n) is 3.17. The summed E-state index contributed by atoms with van der Waals surface area (Å²) in [7, 11) is 0. The van der Waals surface area contributed by atoms with Gasteiger partial charge in [0.1, 0.15) is 5.82 Å². The molecule has 2 aromatic carbocycles. The number of benzene rings is 2. The molecule has 3 rings (SSSR count). The molecule has 1 heterocycles. The van der Waals surface area contributed by atoms with Crippen LogP contribution in [0.2, 0.25) is 0 Å². The second-order valence-electron chi connectivity index (χ2n) is 4.61. The van der Waals surface area contributed by atoms with Gasteiger partial charge in [0.15, 0.2) is 0 Å². The van der Waals surface area contributed by atoms with Gasteiger partial charge in [-0.1, -0.05) is 28.1 Å². The maximum absolute atomic E-state index is 12.9. The summed E-state index contributed by atoms with van der Waals surface area (Å²) in [5.41, 5.74) is 4.08. The molecule has 0 fully saturated rings. The van der Waals surface area contributed by atoms with E-state index in [1.54, 1.807) is 18.3 Å². The Morgan fingerprint density at radius 2 is 1.80 bits per heavy atom. The zero-order chi connectivity index (χ0) is 14.1. The first-order chi connectivity index (χ1) is 9.63. The minimum absolute atomic E-state index is 0.232. The van der Waals surface area contributed by atoms with E-state index in [4.69, 9.17) is 0 Å². The summed E-state index contributed by atoms with van der Waals surface area (Å²) in [6.07, 6.45) is 3.73. The zero-order valence-electron chi connectivity index (χ0n) is 10.8. The molecular formula is C16H12BrFN2. The van der Waals surface area contributed by atoms with E-state index in [2.05, 4.69) is 27.1 Å². The number of rotatable bonds is 2. The van der Waals surface area contributed by atoms with Crippen molar-refractivity contribution in [2.45, 2.75) is 6.92 Å². The SMILES string of the molecule is Cc1cc(Br)ccc1-n1cc(-c2ccc(F)cc2)cn1. The molecule has 0 saturated heterocycles. The fourth-order valence-electron chi connectivity index (χ4n) is 2.12. The van der Waals surface area contributed by atoms with E-state index in [1.807, 2.05) is 29.9 Å². The summed E-state index contributed by atoms with van der Waals surface area (Å²) in [6, 6.07) is 12.5. The number of nitrogens with zero attached hydrogens (tertiary/aromatic N) is 2. The van der Waals surface area contributed by atoms with Crippen molar-refractivity contribution in [2.75, 3.05) is 0 Å². The number of halogens is 2. The summed E-state index contributed by atoms with van der Waals surface area (Å²) in [4.78, 5) is 0. The molecule has 20 heavy (non-hydrogen) atoms. The lowest BCUT2D eigenvalue weighted by molar-refractivity contribution is 0.628. The number of hydrogen-bond acceptors (Lipinski definition) is 1. The Kier molecular flexibility index (Phi) is 3.40. The van der Waals surface area contributed by atoms with E-state index in [-0.39, 0.29) is 5.82 Å². The highest BCUT2D eigenvalue weighted by Crippen LogP contribution is 2.23. The van der Waals surface area contributed by atoms with Crippen molar-refractivity contribution in [3.8, 4) is 16.8 Å². The van der Waals surface area contributed by atoms with Gasteiger partial charge in [-0.25, -0.2) is 9.07 Å². The van der Waals surface area contributed by atoms with Gasteiger partial charge >= 0.3 is 0 Å². The van der Waals surface area contributed by atoms with Crippen molar-refractivity contribution >= 4 is 15.9 Å². The monoisotopic (exact) mass is 330 g/mol. The highest BCUT2D eigenvalue weighted by Gasteiger charge is 2.06. The molecule has 0 radical (unpaired) electrons. The third-order valence-corrected chi connectivity index (χ3v) is 3.66. The second-order valence-corrected chi connectivity index (χ2v) is 5.53. The van der Waals surface area contributed by atoms with Crippen LogP contribution in [-0.2, 0) is 0 Å². The van der Waals surface area contributed by atoms with E-state index in [1.165, 1.54) is 12.1 Å². The Labute approximate surface area is 125 Å². The zero-order valence-corrected chi connectivity index (χ0v) is 12.4. The largest absolute Gasteiger partial charge is 0.240 e. The van der Waals surface area contributed by atoms with Gasteiger partial charge in [0, 0.05) is 16.2 Å². The molecule has 0 spiro atoms. The normalized spacial score (nSPS) is 10.8. The molecule has 0 atom stereocenters. The lowest BCUT2D eigenvalue weighted by Crippen LogP contribution is -1.96. The smallest absolute Gasteiger partial charge is 0.123 e. The maximum atomic E-state index is 12.9. The van der Waals surface area contributed by atoms with Gasteiger partial charge in [-0.15, -0.1) is 0 Å². The standard InChI is InChI=1S/C16H12BrFN2/c1-11-8-14(17)4-7-16(11)20-10-13(9-19-20)12-2-5-15(18)6-3-12/h2-10H,1H3. The van der Waals surface area contributed by atoms with E-state index in [9.17, 15) is 4.39 Å². The Hall–Kier alpha value is -1.94. The minimum atomic E-state index is -0.232. The minimum Gasteiger partial charge on any atom is -0.240 e. The quantitative estimate of drug-likeness (QED) is 0.663. The van der Waals surface area contributed by atoms with Crippen LogP contribution in [0.1, 0.15) is 5.56 Å². The van der Waals surface area contributed by atoms with Crippen molar-refractivity contribution in [3.05, 3.63) is 70.7 Å². The van der Waals surface area contributed by atoms with Gasteiger partial charge in [-0.3, -0.25) is 0 Å². The first-order valence-electron chi connectivity index (χ1n) is 6.20. The van der Waals surface area contributed by atoms with Crippen LogP contribution in [0.5, 0.6) is 0 Å². The van der Waals surface area contributed by atoms with Crippen LogP contribution in [0.3, 0.4) is 0 Å². The second kappa shape index (κ2) is 5.21. The molecule has 0 aliphatic heterocycles. The molecule has 4 heteroatoms. The molecule has 0 amide bonds. The van der Waals surface area contributed by atoms with Crippen LogP contribution in [0, 0.1) is 12.7 Å². The van der Waals surface area contributed by atoms with Gasteiger partial charge in [0.25, 0.3) is 0 Å². The number of aryl methyl sites for hydroxylation is 1. The molecule has 0 bridgehead atoms. The molecule has 0 unspecified atom stereocenters. The molecule has 0 aliphatic rings. The Bertz CT molecular complexity index is 747. The lowest BCUT2D eigenvalue weighted by Gasteiger charge is -2.05. The van der Waals surface area contributed by atoms with E-state index in [0.717, 1.165) is 26.9 Å². The van der Waals surface area contributed by atoms with Gasteiger partial charge in [0.2, 0.25) is 0 Å². The topological polar surface area (TPSA) is 17.8 Å². The summed E-state index contributed by atoms with van der Waals surface area (Å²) in [5.74, 6) is -0.232. The van der Waals surface area contributed by atoms with E-state index in [0.29, 0.717) is 0 Å². The fourth-order valence-corrected chi connectivity index (χ4v) is 2.60. The average molecular weight is 331 g/mol. The highest BCUT2D eigenvalue weighted by atomic mass is 79.9. The average Bonchev–Trinajstić information content (AvgIpc) is 2.89. The van der Waals surface area contributed by atoms with Gasteiger partial charge in [-0.05, 0) is 48.4 Å². The number of aromatic nitrogens is 2. The summed E-state index contributed by atoms with van der Waals surface area (Å²) in [6.45, 7) is 2.04. The third kappa shape index (κ3) is 2.51. The lowest BCUT2D eigenvalue weighted by atomic mass is 10.1. The van der Waals surface area contributed by atoms with Crippen molar-refractivity contribution in [3.63, 3.8) is 0 Å². The predicted molar refractivity (Wildman–Crippen MR) is 81.4 cm³/mol. The van der Waals surface area contributed by atoms with Crippen molar-refractivity contribution in [2.24, 2.45) is 0 Å².